The number of ether oxygens (including phenoxy) is 1. The van der Waals surface area contributed by atoms with Crippen LogP contribution in [0.1, 0.15) is 19.4 Å². The molecule has 0 aliphatic rings. The second kappa shape index (κ2) is 7.83. The molecule has 1 rings (SSSR count). The molecule has 0 spiro atoms. The zero-order valence-corrected chi connectivity index (χ0v) is 11.2. The number of aliphatic hydroxyl groups excluding tert-OH is 1. The molecule has 1 unspecified atom stereocenters. The number of rotatable bonds is 8. The van der Waals surface area contributed by atoms with E-state index in [2.05, 4.69) is 5.32 Å². The second-order valence-electron chi connectivity index (χ2n) is 4.55. The molecule has 0 aromatic heterocycles. The van der Waals surface area contributed by atoms with E-state index >= 15 is 0 Å². The smallest absolute Gasteiger partial charge is 0.273 e. The predicted octanol–water partition coefficient (Wildman–Crippen LogP) is 1.47. The molecule has 19 heavy (non-hydrogen) atoms. The molecule has 0 bridgehead atoms. The number of hydrogen-bond acceptors (Lipinski definition) is 5. The van der Waals surface area contributed by atoms with Crippen molar-refractivity contribution >= 4 is 5.69 Å². The standard InChI is InChI=1S/C13H20N2O4/c1-10(2)19-9-12(16)8-14-7-11-5-3-4-6-13(11)15(17)18/h3-6,10,12,14,16H,7-9H2,1-2H3. The molecule has 6 nitrogen and oxygen atoms in total. The minimum absolute atomic E-state index is 0.0739. The van der Waals surface area contributed by atoms with Crippen molar-refractivity contribution in [3.8, 4) is 0 Å². The SMILES string of the molecule is CC(C)OCC(O)CNCc1ccccc1[N+](=O)[O-]. The largest absolute Gasteiger partial charge is 0.389 e. The Hall–Kier alpha value is -1.50. The third-order valence-electron chi connectivity index (χ3n) is 2.51. The van der Waals surface area contributed by atoms with Crippen LogP contribution in [0.3, 0.4) is 0 Å². The highest BCUT2D eigenvalue weighted by atomic mass is 16.6. The molecular weight excluding hydrogens is 248 g/mol. The summed E-state index contributed by atoms with van der Waals surface area (Å²) < 4.78 is 5.27. The van der Waals surface area contributed by atoms with Gasteiger partial charge in [0.1, 0.15) is 0 Å². The van der Waals surface area contributed by atoms with Gasteiger partial charge in [0, 0.05) is 24.7 Å². The van der Waals surface area contributed by atoms with Gasteiger partial charge < -0.3 is 15.2 Å². The van der Waals surface area contributed by atoms with E-state index in [-0.39, 0.29) is 18.4 Å². The molecule has 1 aromatic rings. The van der Waals surface area contributed by atoms with Crippen molar-refractivity contribution in [1.82, 2.24) is 5.32 Å². The zero-order valence-electron chi connectivity index (χ0n) is 11.2. The second-order valence-corrected chi connectivity index (χ2v) is 4.55. The van der Waals surface area contributed by atoms with Gasteiger partial charge >= 0.3 is 0 Å². The first kappa shape index (κ1) is 15.6. The van der Waals surface area contributed by atoms with Crippen LogP contribution in [-0.4, -0.2) is 35.4 Å². The van der Waals surface area contributed by atoms with Crippen LogP contribution < -0.4 is 5.32 Å². The summed E-state index contributed by atoms with van der Waals surface area (Å²) in [5, 5.41) is 23.4. The van der Waals surface area contributed by atoms with Crippen LogP contribution in [0.2, 0.25) is 0 Å². The summed E-state index contributed by atoms with van der Waals surface area (Å²) in [5.41, 5.74) is 0.687. The number of nitrogens with one attached hydrogen (secondary N) is 1. The monoisotopic (exact) mass is 268 g/mol. The maximum Gasteiger partial charge on any atom is 0.273 e. The Bertz CT molecular complexity index is 409. The fourth-order valence-electron chi connectivity index (χ4n) is 1.57. The minimum atomic E-state index is -0.620. The first-order chi connectivity index (χ1) is 9.00. The van der Waals surface area contributed by atoms with Crippen LogP contribution >= 0.6 is 0 Å². The highest BCUT2D eigenvalue weighted by Gasteiger charge is 2.12. The van der Waals surface area contributed by atoms with Crippen LogP contribution in [0.25, 0.3) is 0 Å². The first-order valence-electron chi connectivity index (χ1n) is 6.23. The summed E-state index contributed by atoms with van der Waals surface area (Å²) in [5.74, 6) is 0. The number of nitrogens with zero attached hydrogens (tertiary/aromatic N) is 1. The summed E-state index contributed by atoms with van der Waals surface area (Å²) >= 11 is 0. The van der Waals surface area contributed by atoms with Gasteiger partial charge in [0.2, 0.25) is 0 Å². The fraction of sp³-hybridized carbons (Fsp3) is 0.538. The predicted molar refractivity (Wildman–Crippen MR) is 71.9 cm³/mol. The molecule has 0 aliphatic heterocycles. The van der Waals surface area contributed by atoms with Crippen LogP contribution in [0, 0.1) is 10.1 Å². The van der Waals surface area contributed by atoms with Gasteiger partial charge in [0.05, 0.1) is 23.7 Å². The van der Waals surface area contributed by atoms with Crippen molar-refractivity contribution in [3.63, 3.8) is 0 Å². The summed E-state index contributed by atoms with van der Waals surface area (Å²) in [6, 6.07) is 6.55. The molecule has 0 saturated carbocycles. The molecule has 1 atom stereocenters. The van der Waals surface area contributed by atoms with Gasteiger partial charge in [-0.1, -0.05) is 18.2 Å². The Labute approximate surface area is 112 Å². The number of aliphatic hydroxyl groups is 1. The fourth-order valence-corrected chi connectivity index (χ4v) is 1.57. The summed E-state index contributed by atoms with van der Waals surface area (Å²) in [6.45, 7) is 4.72. The van der Waals surface area contributed by atoms with E-state index in [1.54, 1.807) is 18.2 Å². The quantitative estimate of drug-likeness (QED) is 0.551. The molecule has 2 N–H and O–H groups in total. The third kappa shape index (κ3) is 5.78. The number of nitro groups is 1. The van der Waals surface area contributed by atoms with Crippen molar-refractivity contribution < 1.29 is 14.8 Å². The zero-order chi connectivity index (χ0) is 14.3. The minimum Gasteiger partial charge on any atom is -0.389 e. The van der Waals surface area contributed by atoms with Crippen molar-refractivity contribution in [3.05, 3.63) is 39.9 Å². The van der Waals surface area contributed by atoms with Crippen molar-refractivity contribution in [2.24, 2.45) is 0 Å². The number of para-hydroxylation sites is 1. The van der Waals surface area contributed by atoms with Crippen LogP contribution in [0.4, 0.5) is 5.69 Å². The van der Waals surface area contributed by atoms with Gasteiger partial charge in [-0.05, 0) is 13.8 Å². The highest BCUT2D eigenvalue weighted by Crippen LogP contribution is 2.16. The van der Waals surface area contributed by atoms with Gasteiger partial charge in [-0.15, -0.1) is 0 Å². The number of benzene rings is 1. The third-order valence-corrected chi connectivity index (χ3v) is 2.51. The van der Waals surface area contributed by atoms with Gasteiger partial charge in [0.15, 0.2) is 0 Å². The van der Waals surface area contributed by atoms with Crippen LogP contribution in [0.5, 0.6) is 0 Å². The van der Waals surface area contributed by atoms with E-state index in [0.29, 0.717) is 18.7 Å². The van der Waals surface area contributed by atoms with E-state index in [9.17, 15) is 15.2 Å². The van der Waals surface area contributed by atoms with E-state index < -0.39 is 11.0 Å². The van der Waals surface area contributed by atoms with Gasteiger partial charge in [-0.2, -0.15) is 0 Å². The molecule has 106 valence electrons. The van der Waals surface area contributed by atoms with Crippen LogP contribution in [-0.2, 0) is 11.3 Å². The normalized spacial score (nSPS) is 12.6. The molecule has 0 heterocycles. The highest BCUT2D eigenvalue weighted by molar-refractivity contribution is 5.39. The molecule has 0 amide bonds. The average molecular weight is 268 g/mol. The summed E-state index contributed by atoms with van der Waals surface area (Å²) in [7, 11) is 0. The first-order valence-corrected chi connectivity index (χ1v) is 6.23. The molecule has 0 fully saturated rings. The maximum atomic E-state index is 10.8. The Morgan fingerprint density at radius 3 is 2.74 bits per heavy atom. The van der Waals surface area contributed by atoms with Crippen molar-refractivity contribution in [2.45, 2.75) is 32.6 Å². The molecular formula is C13H20N2O4. The Morgan fingerprint density at radius 2 is 2.11 bits per heavy atom. The molecule has 6 heteroatoms. The molecule has 0 aliphatic carbocycles. The average Bonchev–Trinajstić information content (AvgIpc) is 2.36. The Morgan fingerprint density at radius 1 is 1.42 bits per heavy atom. The van der Waals surface area contributed by atoms with E-state index in [0.717, 1.165) is 0 Å². The van der Waals surface area contributed by atoms with Crippen molar-refractivity contribution in [2.75, 3.05) is 13.2 Å². The topological polar surface area (TPSA) is 84.6 Å². The van der Waals surface area contributed by atoms with Crippen LogP contribution in [0.15, 0.2) is 24.3 Å². The van der Waals surface area contributed by atoms with E-state index in [1.165, 1.54) is 6.07 Å². The molecule has 1 aromatic carbocycles. The maximum absolute atomic E-state index is 10.8. The molecule has 0 radical (unpaired) electrons. The van der Waals surface area contributed by atoms with E-state index in [1.807, 2.05) is 13.8 Å². The lowest BCUT2D eigenvalue weighted by molar-refractivity contribution is -0.385. The Kier molecular flexibility index (Phi) is 6.41. The number of hydrogen-bond donors (Lipinski definition) is 2. The molecule has 0 saturated heterocycles. The van der Waals surface area contributed by atoms with E-state index in [4.69, 9.17) is 4.74 Å². The van der Waals surface area contributed by atoms with Gasteiger partial charge in [-0.25, -0.2) is 0 Å². The Balaban J connectivity index is 2.39. The van der Waals surface area contributed by atoms with Gasteiger partial charge in [0.25, 0.3) is 5.69 Å². The lowest BCUT2D eigenvalue weighted by Crippen LogP contribution is -2.31. The van der Waals surface area contributed by atoms with Crippen molar-refractivity contribution in [1.29, 1.82) is 0 Å². The summed E-state index contributed by atoms with van der Waals surface area (Å²) in [4.78, 5) is 10.4. The lowest BCUT2D eigenvalue weighted by Gasteiger charge is -2.14. The summed E-state index contributed by atoms with van der Waals surface area (Å²) in [6.07, 6.45) is -0.546. The van der Waals surface area contributed by atoms with Gasteiger partial charge in [-0.3, -0.25) is 10.1 Å². The number of nitro benzene ring substituents is 1. The lowest BCUT2D eigenvalue weighted by atomic mass is 10.2.